The summed E-state index contributed by atoms with van der Waals surface area (Å²) in [5.41, 5.74) is 4.67. The average molecular weight is 631 g/mol. The number of ether oxygens (including phenoxy) is 3. The number of hydrogen-bond acceptors (Lipinski definition) is 6. The van der Waals surface area contributed by atoms with Crippen LogP contribution in [0, 0.1) is 6.92 Å². The smallest absolute Gasteiger partial charge is 0.282 e. The number of para-hydroxylation sites is 1. The first-order valence-corrected chi connectivity index (χ1v) is 15.0. The van der Waals surface area contributed by atoms with Crippen LogP contribution in [0.4, 0.5) is 0 Å². The van der Waals surface area contributed by atoms with Crippen molar-refractivity contribution in [1.29, 1.82) is 0 Å². The summed E-state index contributed by atoms with van der Waals surface area (Å²) in [6.07, 6.45) is 1.61. The summed E-state index contributed by atoms with van der Waals surface area (Å²) in [5.74, 6) is 2.54. The molecule has 4 aromatic carbocycles. The minimum Gasteiger partial charge on any atom is -0.494 e. The molecule has 0 bridgehead atoms. The van der Waals surface area contributed by atoms with E-state index in [1.54, 1.807) is 43.7 Å². The molecule has 0 amide bonds. The van der Waals surface area contributed by atoms with E-state index in [9.17, 15) is 4.79 Å². The number of rotatable bonds is 10. The molecular formula is C35H33Cl2N3O4. The molecular weight excluding hydrogens is 597 g/mol. The van der Waals surface area contributed by atoms with Crippen LogP contribution in [0.3, 0.4) is 0 Å². The van der Waals surface area contributed by atoms with Crippen LogP contribution in [0.25, 0.3) is 22.3 Å². The third-order valence-corrected chi connectivity index (χ3v) is 7.90. The zero-order valence-corrected chi connectivity index (χ0v) is 26.7. The molecule has 1 aromatic heterocycles. The van der Waals surface area contributed by atoms with Crippen molar-refractivity contribution in [3.05, 3.63) is 115 Å². The molecule has 226 valence electrons. The molecule has 0 saturated heterocycles. The van der Waals surface area contributed by atoms with Gasteiger partial charge in [0.05, 0.1) is 40.9 Å². The molecule has 0 aliphatic carbocycles. The highest BCUT2D eigenvalue weighted by atomic mass is 35.5. The van der Waals surface area contributed by atoms with Crippen LogP contribution in [0.15, 0.2) is 82.7 Å². The van der Waals surface area contributed by atoms with Gasteiger partial charge in [-0.15, -0.1) is 0 Å². The van der Waals surface area contributed by atoms with Crippen LogP contribution in [-0.2, 0) is 6.61 Å². The van der Waals surface area contributed by atoms with Crippen molar-refractivity contribution in [2.45, 2.75) is 40.2 Å². The Balaban J connectivity index is 1.54. The van der Waals surface area contributed by atoms with Crippen molar-refractivity contribution in [1.82, 2.24) is 9.66 Å². The van der Waals surface area contributed by atoms with E-state index in [2.05, 4.69) is 25.0 Å². The average Bonchev–Trinajstić information content (AvgIpc) is 3.01. The van der Waals surface area contributed by atoms with E-state index < -0.39 is 0 Å². The van der Waals surface area contributed by atoms with Crippen LogP contribution in [0.1, 0.15) is 48.9 Å². The predicted molar refractivity (Wildman–Crippen MR) is 178 cm³/mol. The summed E-state index contributed by atoms with van der Waals surface area (Å²) in [6, 6.07) is 22.1. The molecule has 0 aliphatic rings. The minimum atomic E-state index is -0.269. The van der Waals surface area contributed by atoms with E-state index in [-0.39, 0.29) is 18.1 Å². The number of fused-ring (bicyclic) bond motifs is 1. The Morgan fingerprint density at radius 2 is 1.73 bits per heavy atom. The molecule has 5 aromatic rings. The number of benzene rings is 4. The highest BCUT2D eigenvalue weighted by Crippen LogP contribution is 2.34. The Bertz CT molecular complexity index is 1920. The second-order valence-electron chi connectivity index (χ2n) is 10.6. The van der Waals surface area contributed by atoms with E-state index in [1.807, 2.05) is 50.2 Å². The lowest BCUT2D eigenvalue weighted by atomic mass is 9.96. The van der Waals surface area contributed by atoms with Crippen LogP contribution >= 0.6 is 23.2 Å². The molecule has 0 radical (unpaired) electrons. The number of nitrogens with zero attached hydrogens (tertiary/aromatic N) is 3. The van der Waals surface area contributed by atoms with E-state index in [4.69, 9.17) is 42.4 Å². The molecule has 7 nitrogen and oxygen atoms in total. The maximum atomic E-state index is 13.8. The maximum absolute atomic E-state index is 13.8. The Labute approximate surface area is 266 Å². The lowest BCUT2D eigenvalue weighted by molar-refractivity contribution is 0.284. The zero-order valence-electron chi connectivity index (χ0n) is 25.2. The Morgan fingerprint density at radius 3 is 2.45 bits per heavy atom. The predicted octanol–water partition coefficient (Wildman–Crippen LogP) is 8.67. The molecule has 0 fully saturated rings. The molecule has 1 heterocycles. The third-order valence-electron chi connectivity index (χ3n) is 7.16. The van der Waals surface area contributed by atoms with Crippen LogP contribution in [0.5, 0.6) is 17.2 Å². The number of aryl methyl sites for hydroxylation is 1. The van der Waals surface area contributed by atoms with Gasteiger partial charge in [-0.25, -0.2) is 4.98 Å². The topological polar surface area (TPSA) is 74.9 Å². The van der Waals surface area contributed by atoms with Gasteiger partial charge in [0.15, 0.2) is 17.3 Å². The second kappa shape index (κ2) is 13.5. The van der Waals surface area contributed by atoms with Gasteiger partial charge in [-0.2, -0.15) is 9.78 Å². The lowest BCUT2D eigenvalue weighted by Gasteiger charge is -2.18. The molecule has 0 aliphatic heterocycles. The summed E-state index contributed by atoms with van der Waals surface area (Å²) in [5, 5.41) is 6.08. The highest BCUT2D eigenvalue weighted by molar-refractivity contribution is 6.42. The van der Waals surface area contributed by atoms with Crippen molar-refractivity contribution in [3.63, 3.8) is 0 Å². The van der Waals surface area contributed by atoms with Gasteiger partial charge in [-0.1, -0.05) is 55.2 Å². The summed E-state index contributed by atoms with van der Waals surface area (Å²) >= 11 is 12.2. The first-order chi connectivity index (χ1) is 21.2. The molecule has 44 heavy (non-hydrogen) atoms. The van der Waals surface area contributed by atoms with Gasteiger partial charge in [-0.05, 0) is 96.6 Å². The molecule has 0 spiro atoms. The summed E-state index contributed by atoms with van der Waals surface area (Å²) in [4.78, 5) is 18.7. The molecule has 0 atom stereocenters. The van der Waals surface area contributed by atoms with Crippen molar-refractivity contribution in [3.8, 4) is 28.6 Å². The van der Waals surface area contributed by atoms with Crippen molar-refractivity contribution in [2.75, 3.05) is 13.7 Å². The third kappa shape index (κ3) is 6.59. The Morgan fingerprint density at radius 1 is 0.932 bits per heavy atom. The monoisotopic (exact) mass is 629 g/mol. The van der Waals surface area contributed by atoms with Gasteiger partial charge in [0.25, 0.3) is 5.56 Å². The number of hydrogen-bond donors (Lipinski definition) is 0. The van der Waals surface area contributed by atoms with Gasteiger partial charge in [0.2, 0.25) is 0 Å². The van der Waals surface area contributed by atoms with E-state index in [1.165, 1.54) is 4.68 Å². The van der Waals surface area contributed by atoms with Crippen molar-refractivity contribution in [2.24, 2.45) is 5.10 Å². The summed E-state index contributed by atoms with van der Waals surface area (Å²) in [6.45, 7) is 9.02. The Hall–Kier alpha value is -4.33. The number of methoxy groups -OCH3 is 1. The van der Waals surface area contributed by atoms with Gasteiger partial charge >= 0.3 is 0 Å². The molecule has 0 saturated carbocycles. The Kier molecular flexibility index (Phi) is 9.57. The van der Waals surface area contributed by atoms with Gasteiger partial charge in [0, 0.05) is 5.56 Å². The van der Waals surface area contributed by atoms with Gasteiger partial charge < -0.3 is 14.2 Å². The first-order valence-electron chi connectivity index (χ1n) is 14.3. The van der Waals surface area contributed by atoms with Crippen molar-refractivity contribution < 1.29 is 14.2 Å². The zero-order chi connectivity index (χ0) is 31.4. The van der Waals surface area contributed by atoms with E-state index >= 15 is 0 Å². The fourth-order valence-corrected chi connectivity index (χ4v) is 5.20. The lowest BCUT2D eigenvalue weighted by Crippen LogP contribution is -2.21. The molecule has 5 rings (SSSR count). The molecule has 9 heteroatoms. The maximum Gasteiger partial charge on any atom is 0.282 e. The van der Waals surface area contributed by atoms with E-state index in [0.717, 1.165) is 28.0 Å². The first kappa shape index (κ1) is 31.1. The molecule has 0 unspecified atom stereocenters. The second-order valence-corrected chi connectivity index (χ2v) is 11.4. The fraction of sp³-hybridized carbons (Fsp3) is 0.229. The van der Waals surface area contributed by atoms with Crippen molar-refractivity contribution >= 4 is 40.3 Å². The largest absolute Gasteiger partial charge is 0.494 e. The van der Waals surface area contributed by atoms with Crippen LogP contribution in [0.2, 0.25) is 10.0 Å². The van der Waals surface area contributed by atoms with Crippen LogP contribution in [-0.4, -0.2) is 29.6 Å². The number of halogens is 2. The highest BCUT2D eigenvalue weighted by Gasteiger charge is 2.19. The van der Waals surface area contributed by atoms with Gasteiger partial charge in [0.1, 0.15) is 12.4 Å². The quantitative estimate of drug-likeness (QED) is 0.144. The minimum absolute atomic E-state index is 0.199. The summed E-state index contributed by atoms with van der Waals surface area (Å²) < 4.78 is 18.9. The fourth-order valence-electron chi connectivity index (χ4n) is 4.87. The summed E-state index contributed by atoms with van der Waals surface area (Å²) in [7, 11) is 1.57. The number of aromatic nitrogens is 2. The van der Waals surface area contributed by atoms with Gasteiger partial charge in [-0.3, -0.25) is 4.79 Å². The normalized spacial score (nSPS) is 11.5. The standard InChI is InChI=1S/C35H33Cl2N3O4/c1-6-43-32-15-22(4)27(18-26(32)21(2)3)34-39-30-10-8-7-9-25(30)35(41)40(34)38-19-23-12-14-31(33(17-23)42-5)44-20-24-11-13-28(36)29(37)16-24/h7-19,21H,6,20H2,1-5H3. The van der Waals surface area contributed by atoms with Crippen LogP contribution < -0.4 is 19.8 Å². The molecule has 0 N–H and O–H groups in total. The van der Waals surface area contributed by atoms with E-state index in [0.29, 0.717) is 50.4 Å². The SMILES string of the molecule is CCOc1cc(C)c(-c2nc3ccccc3c(=O)n2N=Cc2ccc(OCc3ccc(Cl)c(Cl)c3)c(OC)c2)cc1C(C)C.